The predicted molar refractivity (Wildman–Crippen MR) is 100 cm³/mol. The van der Waals surface area contributed by atoms with Crippen LogP contribution in [-0.2, 0) is 16.6 Å². The van der Waals surface area contributed by atoms with E-state index in [1.807, 2.05) is 24.9 Å². The van der Waals surface area contributed by atoms with Crippen LogP contribution in [0.5, 0.6) is 0 Å². The molecule has 3 atom stereocenters. The zero-order valence-corrected chi connectivity index (χ0v) is 16.6. The maximum absolute atomic E-state index is 12.7. The number of fused-ring (bicyclic) bond motifs is 2. The number of amides is 2. The third-order valence-corrected chi connectivity index (χ3v) is 6.39. The Bertz CT molecular complexity index is 709. The molecule has 3 fully saturated rings. The first-order valence-corrected chi connectivity index (χ1v) is 10.2. The normalized spacial score (nSPS) is 28.6. The summed E-state index contributed by atoms with van der Waals surface area (Å²) in [6.45, 7) is 5.05. The van der Waals surface area contributed by atoms with E-state index in [4.69, 9.17) is 4.74 Å². The average molecular weight is 374 g/mol. The van der Waals surface area contributed by atoms with Gasteiger partial charge in [-0.3, -0.25) is 14.3 Å². The van der Waals surface area contributed by atoms with Crippen molar-refractivity contribution in [3.8, 4) is 0 Å². The minimum absolute atomic E-state index is 0.0596. The topological polar surface area (TPSA) is 67.7 Å². The zero-order chi connectivity index (χ0) is 19.1. The summed E-state index contributed by atoms with van der Waals surface area (Å²) in [7, 11) is 1.82. The lowest BCUT2D eigenvalue weighted by Gasteiger charge is -2.41. The van der Waals surface area contributed by atoms with Gasteiger partial charge in [-0.1, -0.05) is 0 Å². The molecule has 0 aliphatic carbocycles. The molecule has 4 heterocycles. The number of likely N-dealkylation sites (tertiary alicyclic amines) is 1. The number of hydrogen-bond donors (Lipinski definition) is 0. The lowest BCUT2D eigenvalue weighted by Crippen LogP contribution is -2.49. The number of aryl methyl sites for hydroxylation is 2. The molecule has 27 heavy (non-hydrogen) atoms. The largest absolute Gasteiger partial charge is 0.375 e. The summed E-state index contributed by atoms with van der Waals surface area (Å²) >= 11 is 0. The number of nitrogens with zero attached hydrogens (tertiary/aromatic N) is 4. The molecule has 0 N–H and O–H groups in total. The number of aromatic nitrogens is 2. The average Bonchev–Trinajstić information content (AvgIpc) is 3.11. The number of rotatable bonds is 3. The van der Waals surface area contributed by atoms with Crippen molar-refractivity contribution in [1.82, 2.24) is 19.6 Å². The van der Waals surface area contributed by atoms with E-state index in [1.165, 1.54) is 0 Å². The maximum Gasteiger partial charge on any atom is 0.272 e. The Morgan fingerprint density at radius 3 is 2.22 bits per heavy atom. The quantitative estimate of drug-likeness (QED) is 0.810. The van der Waals surface area contributed by atoms with Gasteiger partial charge in [-0.05, 0) is 51.5 Å². The molecule has 1 aromatic rings. The summed E-state index contributed by atoms with van der Waals surface area (Å²) in [6, 6.07) is 2.57. The molecule has 3 aliphatic heterocycles. The standard InChI is InChI=1S/C20H30N4O3/c1-13-10-19(22(3)21-13)20(26)23-8-6-17(7-9-23)27-18-11-15-4-5-16(12-18)24(15)14(2)25/h10,15-18H,4-9,11-12H2,1-3H3/t15-,16+,18?. The molecule has 4 rings (SSSR count). The van der Waals surface area contributed by atoms with Gasteiger partial charge in [0.15, 0.2) is 0 Å². The minimum Gasteiger partial charge on any atom is -0.375 e. The number of piperidine rings is 2. The first-order chi connectivity index (χ1) is 12.9. The van der Waals surface area contributed by atoms with Gasteiger partial charge in [0.25, 0.3) is 5.91 Å². The maximum atomic E-state index is 12.7. The molecule has 0 spiro atoms. The molecule has 2 amide bonds. The van der Waals surface area contributed by atoms with Crippen LogP contribution < -0.4 is 0 Å². The number of ether oxygens (including phenoxy) is 1. The van der Waals surface area contributed by atoms with Gasteiger partial charge in [-0.25, -0.2) is 0 Å². The molecule has 7 nitrogen and oxygen atoms in total. The van der Waals surface area contributed by atoms with Crippen LogP contribution in [0.2, 0.25) is 0 Å². The monoisotopic (exact) mass is 374 g/mol. The molecule has 1 unspecified atom stereocenters. The Kier molecular flexibility index (Phi) is 4.97. The van der Waals surface area contributed by atoms with Crippen molar-refractivity contribution >= 4 is 11.8 Å². The van der Waals surface area contributed by atoms with Gasteiger partial charge in [0.1, 0.15) is 5.69 Å². The molecular weight excluding hydrogens is 344 g/mol. The highest BCUT2D eigenvalue weighted by atomic mass is 16.5. The van der Waals surface area contributed by atoms with Gasteiger partial charge < -0.3 is 14.5 Å². The number of hydrogen-bond acceptors (Lipinski definition) is 4. The van der Waals surface area contributed by atoms with Crippen LogP contribution in [0.15, 0.2) is 6.07 Å². The van der Waals surface area contributed by atoms with E-state index in [0.717, 1.165) is 57.3 Å². The van der Waals surface area contributed by atoms with Gasteiger partial charge in [0.05, 0.1) is 17.9 Å². The van der Waals surface area contributed by atoms with Crippen LogP contribution in [0.1, 0.15) is 61.6 Å². The Hall–Kier alpha value is -1.89. The highest BCUT2D eigenvalue weighted by Gasteiger charge is 2.43. The third-order valence-electron chi connectivity index (χ3n) is 6.39. The fourth-order valence-electron chi connectivity index (χ4n) is 5.19. The van der Waals surface area contributed by atoms with Gasteiger partial charge >= 0.3 is 0 Å². The van der Waals surface area contributed by atoms with E-state index >= 15 is 0 Å². The second-order valence-electron chi connectivity index (χ2n) is 8.33. The van der Waals surface area contributed by atoms with Crippen LogP contribution >= 0.6 is 0 Å². The summed E-state index contributed by atoms with van der Waals surface area (Å²) in [6.07, 6.45) is 6.38. The van der Waals surface area contributed by atoms with Crippen molar-refractivity contribution in [2.45, 2.75) is 76.7 Å². The van der Waals surface area contributed by atoms with E-state index < -0.39 is 0 Å². The van der Waals surface area contributed by atoms with Gasteiger partial charge in [0, 0.05) is 39.1 Å². The van der Waals surface area contributed by atoms with Crippen LogP contribution in [0.4, 0.5) is 0 Å². The van der Waals surface area contributed by atoms with Gasteiger partial charge in [-0.2, -0.15) is 5.10 Å². The predicted octanol–water partition coefficient (Wildman–Crippen LogP) is 1.89. The van der Waals surface area contributed by atoms with Crippen molar-refractivity contribution in [3.63, 3.8) is 0 Å². The Morgan fingerprint density at radius 2 is 1.70 bits per heavy atom. The second-order valence-corrected chi connectivity index (χ2v) is 8.33. The molecule has 7 heteroatoms. The second kappa shape index (κ2) is 7.26. The summed E-state index contributed by atoms with van der Waals surface area (Å²) in [5.74, 6) is 0.266. The molecule has 1 aromatic heterocycles. The lowest BCUT2D eigenvalue weighted by atomic mass is 9.98. The fourth-order valence-corrected chi connectivity index (χ4v) is 5.19. The first kappa shape index (κ1) is 18.5. The fraction of sp³-hybridized carbons (Fsp3) is 0.750. The molecule has 3 aliphatic rings. The Labute approximate surface area is 160 Å². The number of carbonyl (C=O) groups is 2. The van der Waals surface area contributed by atoms with Crippen molar-refractivity contribution < 1.29 is 14.3 Å². The van der Waals surface area contributed by atoms with E-state index in [-0.39, 0.29) is 24.0 Å². The van der Waals surface area contributed by atoms with Crippen molar-refractivity contribution in [3.05, 3.63) is 17.5 Å². The molecular formula is C20H30N4O3. The lowest BCUT2D eigenvalue weighted by molar-refractivity contribution is -0.138. The highest BCUT2D eigenvalue weighted by molar-refractivity contribution is 5.92. The minimum atomic E-state index is 0.0596. The highest BCUT2D eigenvalue weighted by Crippen LogP contribution is 2.37. The van der Waals surface area contributed by atoms with E-state index in [1.54, 1.807) is 11.6 Å². The molecule has 0 saturated carbocycles. The smallest absolute Gasteiger partial charge is 0.272 e. The van der Waals surface area contributed by atoms with E-state index in [2.05, 4.69) is 10.00 Å². The Balaban J connectivity index is 1.29. The van der Waals surface area contributed by atoms with Gasteiger partial charge in [-0.15, -0.1) is 0 Å². The van der Waals surface area contributed by atoms with E-state index in [0.29, 0.717) is 17.8 Å². The summed E-state index contributed by atoms with van der Waals surface area (Å²) in [5.41, 5.74) is 1.52. The van der Waals surface area contributed by atoms with Crippen molar-refractivity contribution in [1.29, 1.82) is 0 Å². The third kappa shape index (κ3) is 3.61. The van der Waals surface area contributed by atoms with Gasteiger partial charge in [0.2, 0.25) is 5.91 Å². The summed E-state index contributed by atoms with van der Waals surface area (Å²) in [4.78, 5) is 28.5. The SMILES string of the molecule is CC(=O)N1[C@@H]2CC[C@H]1CC(OC1CCN(C(=O)c3cc(C)nn3C)CC1)C2. The van der Waals surface area contributed by atoms with Crippen molar-refractivity contribution in [2.24, 2.45) is 7.05 Å². The molecule has 0 aromatic carbocycles. The number of carbonyl (C=O) groups excluding carboxylic acids is 2. The zero-order valence-electron chi connectivity index (χ0n) is 16.6. The molecule has 0 radical (unpaired) electrons. The molecule has 148 valence electrons. The summed E-state index contributed by atoms with van der Waals surface area (Å²) in [5, 5.41) is 4.27. The van der Waals surface area contributed by atoms with Crippen LogP contribution in [0.25, 0.3) is 0 Å². The van der Waals surface area contributed by atoms with Crippen LogP contribution in [0, 0.1) is 6.92 Å². The van der Waals surface area contributed by atoms with E-state index in [9.17, 15) is 9.59 Å². The molecule has 2 bridgehead atoms. The van der Waals surface area contributed by atoms with Crippen LogP contribution in [0.3, 0.4) is 0 Å². The summed E-state index contributed by atoms with van der Waals surface area (Å²) < 4.78 is 8.07. The molecule has 3 saturated heterocycles. The Morgan fingerprint density at radius 1 is 1.07 bits per heavy atom. The van der Waals surface area contributed by atoms with Crippen molar-refractivity contribution in [2.75, 3.05) is 13.1 Å². The first-order valence-electron chi connectivity index (χ1n) is 10.2. The van der Waals surface area contributed by atoms with Crippen LogP contribution in [-0.4, -0.2) is 68.8 Å².